The van der Waals surface area contributed by atoms with Crippen molar-refractivity contribution in [2.75, 3.05) is 11.9 Å². The van der Waals surface area contributed by atoms with Gasteiger partial charge in [0.05, 0.1) is 17.9 Å². The van der Waals surface area contributed by atoms with Crippen molar-refractivity contribution in [2.24, 2.45) is 0 Å². The third kappa shape index (κ3) is 3.37. The smallest absolute Gasteiger partial charge is 0.227 e. The minimum absolute atomic E-state index is 0.266. The number of aromatic amines is 1. The lowest BCUT2D eigenvalue weighted by Crippen LogP contribution is -2.13. The molecule has 5 aromatic rings. The third-order valence-corrected chi connectivity index (χ3v) is 5.27. The molecule has 0 saturated carbocycles. The summed E-state index contributed by atoms with van der Waals surface area (Å²) in [6, 6.07) is 6.41. The van der Waals surface area contributed by atoms with Gasteiger partial charge in [-0.3, -0.25) is 4.98 Å². The van der Waals surface area contributed by atoms with Crippen LogP contribution in [0.15, 0.2) is 42.9 Å². The molecule has 4 aromatic heterocycles. The van der Waals surface area contributed by atoms with Crippen LogP contribution in [0.4, 0.5) is 14.7 Å². The number of anilines is 1. The van der Waals surface area contributed by atoms with Crippen LogP contribution in [-0.4, -0.2) is 36.1 Å². The molecule has 0 aliphatic heterocycles. The largest absolute Gasteiger partial charge is 0.356 e. The maximum Gasteiger partial charge on any atom is 0.227 e. The highest BCUT2D eigenvalue weighted by Gasteiger charge is 2.15. The zero-order chi connectivity index (χ0) is 21.5. The van der Waals surface area contributed by atoms with Gasteiger partial charge in [-0.2, -0.15) is 14.6 Å². The van der Waals surface area contributed by atoms with Crippen LogP contribution in [0.2, 0.25) is 0 Å². The van der Waals surface area contributed by atoms with E-state index < -0.39 is 5.82 Å². The number of H-pyrrole nitrogens is 1. The lowest BCUT2D eigenvalue weighted by Gasteiger charge is -2.10. The molecule has 0 saturated heterocycles. The molecule has 4 heterocycles. The lowest BCUT2D eigenvalue weighted by molar-refractivity contribution is 0.622. The van der Waals surface area contributed by atoms with E-state index in [9.17, 15) is 8.78 Å². The van der Waals surface area contributed by atoms with Crippen LogP contribution in [-0.2, 0) is 6.42 Å². The van der Waals surface area contributed by atoms with Gasteiger partial charge in [-0.05, 0) is 38.0 Å². The lowest BCUT2D eigenvalue weighted by atomic mass is 10.1. The van der Waals surface area contributed by atoms with E-state index in [0.29, 0.717) is 41.5 Å². The van der Waals surface area contributed by atoms with Gasteiger partial charge < -0.3 is 10.3 Å². The number of pyridine rings is 1. The molecule has 156 valence electrons. The molecule has 0 amide bonds. The van der Waals surface area contributed by atoms with Crippen LogP contribution in [0.1, 0.15) is 16.8 Å². The fraction of sp³-hybridized carbons (Fsp3) is 0.182. The Kier molecular flexibility index (Phi) is 4.58. The Labute approximate surface area is 176 Å². The highest BCUT2D eigenvalue weighted by atomic mass is 19.1. The van der Waals surface area contributed by atoms with Gasteiger partial charge in [0.15, 0.2) is 11.5 Å². The highest BCUT2D eigenvalue weighted by Crippen LogP contribution is 2.25. The number of nitrogens with one attached hydrogen (secondary N) is 2. The maximum absolute atomic E-state index is 14.1. The second-order valence-corrected chi connectivity index (χ2v) is 7.39. The van der Waals surface area contributed by atoms with Crippen LogP contribution in [0.3, 0.4) is 0 Å². The molecule has 5 rings (SSSR count). The van der Waals surface area contributed by atoms with E-state index >= 15 is 0 Å². The van der Waals surface area contributed by atoms with Gasteiger partial charge in [-0.25, -0.2) is 13.8 Å². The fourth-order valence-corrected chi connectivity index (χ4v) is 3.75. The monoisotopic (exact) mass is 419 g/mol. The van der Waals surface area contributed by atoms with Gasteiger partial charge >= 0.3 is 0 Å². The number of rotatable bonds is 5. The van der Waals surface area contributed by atoms with Gasteiger partial charge in [-0.15, -0.1) is 0 Å². The molecule has 2 N–H and O–H groups in total. The second-order valence-electron chi connectivity index (χ2n) is 7.39. The van der Waals surface area contributed by atoms with Gasteiger partial charge in [0.25, 0.3) is 0 Å². The molecule has 0 aliphatic rings. The molecule has 0 radical (unpaired) electrons. The quantitative estimate of drug-likeness (QED) is 0.446. The van der Waals surface area contributed by atoms with Gasteiger partial charge in [-0.1, -0.05) is 12.1 Å². The first kappa shape index (κ1) is 19.1. The minimum Gasteiger partial charge on any atom is -0.356 e. The third-order valence-electron chi connectivity index (χ3n) is 5.27. The summed E-state index contributed by atoms with van der Waals surface area (Å²) in [5, 5.41) is 8.52. The number of nitrogens with zero attached hydrogens (tertiary/aromatic N) is 5. The predicted octanol–water partition coefficient (Wildman–Crippen LogP) is 4.22. The second kappa shape index (κ2) is 7.42. The molecular formula is C22H19F2N7. The molecule has 7 nitrogen and oxygen atoms in total. The van der Waals surface area contributed by atoms with E-state index in [2.05, 4.69) is 30.4 Å². The van der Waals surface area contributed by atoms with Gasteiger partial charge in [0.1, 0.15) is 11.6 Å². The van der Waals surface area contributed by atoms with Crippen molar-refractivity contribution in [3.63, 3.8) is 0 Å². The average molecular weight is 419 g/mol. The number of halogens is 2. The van der Waals surface area contributed by atoms with Crippen LogP contribution >= 0.6 is 0 Å². The number of hydrogen-bond acceptors (Lipinski definition) is 5. The van der Waals surface area contributed by atoms with Crippen LogP contribution in [0.25, 0.3) is 27.9 Å². The van der Waals surface area contributed by atoms with E-state index in [1.54, 1.807) is 16.8 Å². The number of benzene rings is 1. The number of hydrogen-bond donors (Lipinski definition) is 2. The van der Waals surface area contributed by atoms with Gasteiger partial charge in [0, 0.05) is 34.9 Å². The van der Waals surface area contributed by atoms with Crippen molar-refractivity contribution < 1.29 is 8.78 Å². The zero-order valence-corrected chi connectivity index (χ0v) is 16.9. The first-order valence-electron chi connectivity index (χ1n) is 9.84. The summed E-state index contributed by atoms with van der Waals surface area (Å²) in [7, 11) is 0. The summed E-state index contributed by atoms with van der Waals surface area (Å²) in [5.41, 5.74) is 4.47. The molecule has 0 spiro atoms. The Balaban J connectivity index is 1.47. The van der Waals surface area contributed by atoms with Gasteiger partial charge in [0.2, 0.25) is 5.95 Å². The Morgan fingerprint density at radius 1 is 1.10 bits per heavy atom. The standard InChI is InChI=1S/C22H19F2N7/c1-12-9-27-31-21(12)29-20(14-8-15(23)11-25-10-14)30-22(31)26-7-6-16-13(2)28-19-17(16)4-3-5-18(19)24/h3-5,8-11,28H,6-7H2,1-2H3,(H,26,29,30). The van der Waals surface area contributed by atoms with Crippen molar-refractivity contribution >= 4 is 22.5 Å². The Morgan fingerprint density at radius 3 is 2.81 bits per heavy atom. The number of aromatic nitrogens is 6. The normalized spacial score (nSPS) is 11.5. The molecule has 0 aliphatic carbocycles. The zero-order valence-electron chi connectivity index (χ0n) is 16.9. The van der Waals surface area contributed by atoms with E-state index in [-0.39, 0.29) is 5.82 Å². The van der Waals surface area contributed by atoms with Crippen LogP contribution in [0.5, 0.6) is 0 Å². The molecular weight excluding hydrogens is 400 g/mol. The Bertz CT molecular complexity index is 1420. The molecule has 0 unspecified atom stereocenters. The van der Waals surface area contributed by atoms with Crippen molar-refractivity contribution in [3.8, 4) is 11.4 Å². The number of para-hydroxylation sites is 1. The first-order valence-corrected chi connectivity index (χ1v) is 9.84. The first-order chi connectivity index (χ1) is 15.0. The maximum atomic E-state index is 14.1. The topological polar surface area (TPSA) is 83.8 Å². The van der Waals surface area contributed by atoms with Crippen molar-refractivity contribution in [2.45, 2.75) is 20.3 Å². The molecule has 0 fully saturated rings. The summed E-state index contributed by atoms with van der Waals surface area (Å²) in [5.74, 6) is 0.123. The molecule has 0 atom stereocenters. The van der Waals surface area contributed by atoms with E-state index in [4.69, 9.17) is 0 Å². The fourth-order valence-electron chi connectivity index (χ4n) is 3.75. The molecule has 0 bridgehead atoms. The number of aryl methyl sites for hydroxylation is 2. The van der Waals surface area contributed by atoms with Crippen molar-refractivity contribution in [3.05, 3.63) is 71.3 Å². The summed E-state index contributed by atoms with van der Waals surface area (Å²) >= 11 is 0. The predicted molar refractivity (Wildman–Crippen MR) is 114 cm³/mol. The summed E-state index contributed by atoms with van der Waals surface area (Å²) < 4.78 is 29.3. The van der Waals surface area contributed by atoms with Crippen molar-refractivity contribution in [1.29, 1.82) is 0 Å². The summed E-state index contributed by atoms with van der Waals surface area (Å²) in [4.78, 5) is 16.1. The minimum atomic E-state index is -0.456. The van der Waals surface area contributed by atoms with Crippen molar-refractivity contribution in [1.82, 2.24) is 29.5 Å². The molecule has 9 heteroatoms. The Morgan fingerprint density at radius 2 is 1.97 bits per heavy atom. The Hall–Kier alpha value is -3.88. The van der Waals surface area contributed by atoms with E-state index in [1.165, 1.54) is 18.3 Å². The highest BCUT2D eigenvalue weighted by molar-refractivity contribution is 5.85. The summed E-state index contributed by atoms with van der Waals surface area (Å²) in [6.45, 7) is 4.37. The molecule has 1 aromatic carbocycles. The number of fused-ring (bicyclic) bond motifs is 2. The van der Waals surface area contributed by atoms with Crippen LogP contribution < -0.4 is 5.32 Å². The van der Waals surface area contributed by atoms with Crippen LogP contribution in [0, 0.1) is 25.5 Å². The van der Waals surface area contributed by atoms with E-state index in [1.807, 2.05) is 19.9 Å². The SMILES string of the molecule is Cc1[nH]c2c(F)cccc2c1CCNc1nc(-c2cncc(F)c2)nc2c(C)cnn12. The summed E-state index contributed by atoms with van der Waals surface area (Å²) in [6.07, 6.45) is 5.01. The molecule has 31 heavy (non-hydrogen) atoms. The average Bonchev–Trinajstić information content (AvgIpc) is 3.29. The van der Waals surface area contributed by atoms with E-state index in [0.717, 1.165) is 28.4 Å².